The van der Waals surface area contributed by atoms with Crippen LogP contribution >= 0.6 is 0 Å². The van der Waals surface area contributed by atoms with Crippen molar-refractivity contribution in [3.8, 4) is 0 Å². The van der Waals surface area contributed by atoms with E-state index in [0.717, 1.165) is 0 Å². The van der Waals surface area contributed by atoms with Gasteiger partial charge < -0.3 is 4.52 Å². The van der Waals surface area contributed by atoms with Crippen molar-refractivity contribution in [1.82, 2.24) is 10.4 Å². The molecule has 1 aromatic heterocycles. The normalized spacial score (nSPS) is 8.57. The van der Waals surface area contributed by atoms with Crippen LogP contribution in [0.3, 0.4) is 0 Å². The van der Waals surface area contributed by atoms with E-state index in [1.165, 1.54) is 12.5 Å². The highest BCUT2D eigenvalue weighted by atomic mass is 16.5. The zero-order valence-corrected chi connectivity index (χ0v) is 3.29. The van der Waals surface area contributed by atoms with Crippen LogP contribution in [0.1, 0.15) is 5.76 Å². The summed E-state index contributed by atoms with van der Waals surface area (Å²) >= 11 is 0. The molecule has 7 heavy (non-hydrogen) atoms. The molecule has 0 amide bonds. The zero-order chi connectivity index (χ0) is 5.11. The van der Waals surface area contributed by atoms with Gasteiger partial charge in [0.15, 0.2) is 0 Å². The van der Waals surface area contributed by atoms with Gasteiger partial charge in [0.1, 0.15) is 6.20 Å². The molecule has 0 saturated heterocycles. The third-order valence-electron chi connectivity index (χ3n) is 0.462. The van der Waals surface area contributed by atoms with Crippen LogP contribution < -0.4 is 0 Å². The van der Waals surface area contributed by atoms with Crippen molar-refractivity contribution < 1.29 is 9.32 Å². The second-order valence-corrected chi connectivity index (χ2v) is 0.884. The first kappa shape index (κ1) is 3.98. The van der Waals surface area contributed by atoms with Crippen molar-refractivity contribution >= 4 is 6.29 Å². The Morgan fingerprint density at radius 2 is 2.71 bits per heavy atom. The molecule has 0 bridgehead atoms. The third-order valence-corrected chi connectivity index (χ3v) is 0.462. The molecule has 0 N–H and O–H groups in total. The van der Waals surface area contributed by atoms with E-state index in [1.54, 1.807) is 0 Å². The molecule has 4 heteroatoms. The smallest absolute Gasteiger partial charge is 0.276 e. The highest BCUT2D eigenvalue weighted by Crippen LogP contribution is 1.83. The van der Waals surface area contributed by atoms with Gasteiger partial charge in [0.25, 0.3) is 6.29 Å². The highest BCUT2D eigenvalue weighted by Gasteiger charge is 1.90. The Hall–Kier alpha value is -1.19. The molecule has 0 unspecified atom stereocenters. The van der Waals surface area contributed by atoms with Gasteiger partial charge in [-0.15, -0.1) is 5.10 Å². The number of hydrogen-bond acceptors (Lipinski definition) is 4. The first-order valence-electron chi connectivity index (χ1n) is 1.59. The molecule has 0 aliphatic rings. The first-order valence-corrected chi connectivity index (χ1v) is 1.59. The summed E-state index contributed by atoms with van der Waals surface area (Å²) in [6, 6.07) is 0. The largest absolute Gasteiger partial charge is 0.333 e. The van der Waals surface area contributed by atoms with Gasteiger partial charge in [-0.25, -0.2) is 0 Å². The lowest BCUT2D eigenvalue weighted by Gasteiger charge is -1.60. The minimum Gasteiger partial charge on any atom is -0.333 e. The van der Waals surface area contributed by atoms with Crippen molar-refractivity contribution in [1.29, 1.82) is 0 Å². The van der Waals surface area contributed by atoms with Crippen LogP contribution in [0.25, 0.3) is 0 Å². The Balaban J connectivity index is 2.96. The number of rotatable bonds is 1. The molecular formula is C3HN2O2. The molecule has 1 heterocycles. The summed E-state index contributed by atoms with van der Waals surface area (Å²) in [4.78, 5) is 9.57. The summed E-state index contributed by atoms with van der Waals surface area (Å²) < 4.78 is 4.20. The number of nitrogens with zero attached hydrogens (tertiary/aromatic N) is 2. The quantitative estimate of drug-likeness (QED) is 0.475. The molecule has 0 aromatic carbocycles. The molecule has 1 rings (SSSR count). The molecule has 0 spiro atoms. The monoisotopic (exact) mass is 97.0 g/mol. The molecular weight excluding hydrogens is 96.0 g/mol. The fraction of sp³-hybridized carbons (Fsp3) is 0. The van der Waals surface area contributed by atoms with E-state index in [-0.39, 0.29) is 5.76 Å². The lowest BCUT2D eigenvalue weighted by atomic mass is 10.6. The van der Waals surface area contributed by atoms with Crippen LogP contribution in [-0.2, 0) is 4.79 Å². The Morgan fingerprint density at radius 1 is 1.86 bits per heavy atom. The van der Waals surface area contributed by atoms with E-state index >= 15 is 0 Å². The molecule has 4 nitrogen and oxygen atoms in total. The summed E-state index contributed by atoms with van der Waals surface area (Å²) in [5, 5.41) is 6.22. The second-order valence-electron chi connectivity index (χ2n) is 0.884. The van der Waals surface area contributed by atoms with Crippen LogP contribution in [0.2, 0.25) is 0 Å². The van der Waals surface area contributed by atoms with Crippen LogP contribution in [0.15, 0.2) is 10.7 Å². The molecule has 0 aliphatic carbocycles. The number of hydrogen-bond donors (Lipinski definition) is 0. The molecule has 1 aromatic rings. The molecule has 0 fully saturated rings. The summed E-state index contributed by atoms with van der Waals surface area (Å²) in [5.41, 5.74) is 0. The van der Waals surface area contributed by atoms with Gasteiger partial charge in [-0.05, 0) is 0 Å². The van der Waals surface area contributed by atoms with Crippen molar-refractivity contribution in [3.05, 3.63) is 12.0 Å². The Bertz CT molecular complexity index is 146. The summed E-state index contributed by atoms with van der Waals surface area (Å²) in [6.07, 6.45) is 2.65. The van der Waals surface area contributed by atoms with Crippen LogP contribution in [-0.4, -0.2) is 16.7 Å². The van der Waals surface area contributed by atoms with E-state index in [2.05, 4.69) is 14.9 Å². The van der Waals surface area contributed by atoms with Crippen LogP contribution in [0.4, 0.5) is 0 Å². The predicted octanol–water partition coefficient (Wildman–Crippen LogP) is -0.473. The summed E-state index contributed by atoms with van der Waals surface area (Å²) in [7, 11) is 0. The number of carbonyl (C=O) groups excluding carboxylic acids is 1. The fourth-order valence-corrected chi connectivity index (χ4v) is 0.212. The van der Waals surface area contributed by atoms with Gasteiger partial charge in [-0.2, -0.15) is 0 Å². The van der Waals surface area contributed by atoms with E-state index < -0.39 is 0 Å². The Labute approximate surface area is 39.1 Å². The van der Waals surface area contributed by atoms with Gasteiger partial charge in [-0.1, -0.05) is 0 Å². The molecule has 0 aliphatic heterocycles. The summed E-state index contributed by atoms with van der Waals surface area (Å²) in [5.74, 6) is 0.0278. The molecule has 35 valence electrons. The maximum absolute atomic E-state index is 9.57. The van der Waals surface area contributed by atoms with Gasteiger partial charge >= 0.3 is 0 Å². The molecule has 1 radical (unpaired) electrons. The van der Waals surface area contributed by atoms with Gasteiger partial charge in [0.05, 0.1) is 0 Å². The minimum atomic E-state index is 0.0278. The average molecular weight is 97.1 g/mol. The third kappa shape index (κ3) is 0.623. The zero-order valence-electron chi connectivity index (χ0n) is 3.29. The van der Waals surface area contributed by atoms with E-state index in [9.17, 15) is 4.79 Å². The lowest BCUT2D eigenvalue weighted by Crippen LogP contribution is -1.67. The number of aromatic nitrogens is 2. The lowest BCUT2D eigenvalue weighted by molar-refractivity contribution is 0.382. The van der Waals surface area contributed by atoms with E-state index in [4.69, 9.17) is 0 Å². The maximum Gasteiger partial charge on any atom is 0.276 e. The predicted molar refractivity (Wildman–Crippen MR) is 19.1 cm³/mol. The van der Waals surface area contributed by atoms with Gasteiger partial charge in [-0.3, -0.25) is 4.79 Å². The van der Waals surface area contributed by atoms with E-state index in [1.807, 2.05) is 0 Å². The van der Waals surface area contributed by atoms with Gasteiger partial charge in [0.2, 0.25) is 5.76 Å². The Morgan fingerprint density at radius 3 is 3.00 bits per heavy atom. The van der Waals surface area contributed by atoms with Crippen LogP contribution in [0.5, 0.6) is 0 Å². The SMILES string of the molecule is O=[C]c1cnno1. The maximum atomic E-state index is 9.57. The van der Waals surface area contributed by atoms with Crippen molar-refractivity contribution in [2.24, 2.45) is 0 Å². The fourth-order valence-electron chi connectivity index (χ4n) is 0.212. The Kier molecular flexibility index (Phi) is 0.856. The minimum absolute atomic E-state index is 0.0278. The summed E-state index contributed by atoms with van der Waals surface area (Å²) in [6.45, 7) is 0. The average Bonchev–Trinajstić information content (AvgIpc) is 2.14. The van der Waals surface area contributed by atoms with Crippen molar-refractivity contribution in [3.63, 3.8) is 0 Å². The first-order chi connectivity index (χ1) is 3.43. The topological polar surface area (TPSA) is 56.0 Å². The highest BCUT2D eigenvalue weighted by molar-refractivity contribution is 5.69. The second kappa shape index (κ2) is 1.51. The van der Waals surface area contributed by atoms with E-state index in [0.29, 0.717) is 0 Å². The van der Waals surface area contributed by atoms with Crippen LogP contribution in [0, 0.1) is 0 Å². The van der Waals surface area contributed by atoms with Crippen molar-refractivity contribution in [2.75, 3.05) is 0 Å². The van der Waals surface area contributed by atoms with Gasteiger partial charge in [0, 0.05) is 5.27 Å². The molecule has 0 saturated carbocycles. The van der Waals surface area contributed by atoms with Crippen molar-refractivity contribution in [2.45, 2.75) is 0 Å². The standard InChI is InChI=1S/C3HN2O2/c6-2-3-1-4-5-7-3/h1H. The molecule has 0 atom stereocenters.